The highest BCUT2D eigenvalue weighted by Gasteiger charge is 2.61. The van der Waals surface area contributed by atoms with E-state index in [0.717, 1.165) is 5.92 Å². The number of benzene rings is 1. The fourth-order valence-corrected chi connectivity index (χ4v) is 5.11. The molecular weight excluding hydrogens is 254 g/mol. The number of hydrogen-bond acceptors (Lipinski definition) is 1. The third kappa shape index (κ3) is 2.25. The molecule has 1 aromatic carbocycles. The topological polar surface area (TPSA) is 12.0 Å². The Bertz CT molecular complexity index is 525. The van der Waals surface area contributed by atoms with Crippen LogP contribution in [0.25, 0.3) is 0 Å². The maximum absolute atomic E-state index is 3.98. The van der Waals surface area contributed by atoms with Gasteiger partial charge in [-0.3, -0.25) is 0 Å². The standard InChI is InChI=1S/C20H31N/c1-13-9-14(2)11-16(10-13)15(3)21-18-12-17-7-8-20(18,6)19(17,4)5/h9-11,15,17-18,21H,7-8,12H2,1-6H3. The quantitative estimate of drug-likeness (QED) is 0.808. The maximum Gasteiger partial charge on any atom is 0.0294 e. The average Bonchev–Trinajstić information content (AvgIpc) is 2.70. The van der Waals surface area contributed by atoms with Crippen molar-refractivity contribution in [2.24, 2.45) is 16.7 Å². The lowest BCUT2D eigenvalue weighted by Crippen LogP contribution is -2.45. The third-order valence-corrected chi connectivity index (χ3v) is 6.99. The van der Waals surface area contributed by atoms with E-state index in [1.807, 2.05) is 0 Å². The molecular formula is C20H31N. The molecule has 1 heteroatoms. The molecule has 2 aliphatic carbocycles. The van der Waals surface area contributed by atoms with Crippen LogP contribution in [0.1, 0.15) is 69.7 Å². The fraction of sp³-hybridized carbons (Fsp3) is 0.700. The lowest BCUT2D eigenvalue weighted by Gasteiger charge is -2.41. The molecule has 2 fully saturated rings. The second kappa shape index (κ2) is 4.84. The number of hydrogen-bond donors (Lipinski definition) is 1. The van der Waals surface area contributed by atoms with E-state index in [9.17, 15) is 0 Å². The van der Waals surface area contributed by atoms with E-state index >= 15 is 0 Å². The van der Waals surface area contributed by atoms with Crippen LogP contribution in [-0.2, 0) is 0 Å². The average molecular weight is 285 g/mol. The molecule has 4 unspecified atom stereocenters. The second-order valence-corrected chi connectivity index (χ2v) is 8.47. The highest BCUT2D eigenvalue weighted by atomic mass is 15.0. The van der Waals surface area contributed by atoms with E-state index in [1.165, 1.54) is 36.0 Å². The van der Waals surface area contributed by atoms with Gasteiger partial charge in [0, 0.05) is 12.1 Å². The van der Waals surface area contributed by atoms with Crippen LogP contribution < -0.4 is 5.32 Å². The van der Waals surface area contributed by atoms with E-state index in [2.05, 4.69) is 65.1 Å². The van der Waals surface area contributed by atoms with Crippen molar-refractivity contribution in [3.63, 3.8) is 0 Å². The van der Waals surface area contributed by atoms with Gasteiger partial charge in [-0.1, -0.05) is 50.1 Å². The van der Waals surface area contributed by atoms with Crippen molar-refractivity contribution in [1.82, 2.24) is 5.32 Å². The summed E-state index contributed by atoms with van der Waals surface area (Å²) < 4.78 is 0. The second-order valence-electron chi connectivity index (χ2n) is 8.47. The highest BCUT2D eigenvalue weighted by Crippen LogP contribution is 2.65. The van der Waals surface area contributed by atoms with Gasteiger partial charge in [-0.05, 0) is 62.3 Å². The molecule has 0 aromatic heterocycles. The molecule has 2 aliphatic rings. The van der Waals surface area contributed by atoms with Crippen LogP contribution in [0.3, 0.4) is 0 Å². The molecule has 1 N–H and O–H groups in total. The zero-order chi connectivity index (χ0) is 15.4. The first-order chi connectivity index (χ1) is 9.74. The Morgan fingerprint density at radius 3 is 2.19 bits per heavy atom. The molecule has 4 atom stereocenters. The zero-order valence-electron chi connectivity index (χ0n) is 14.6. The minimum atomic E-state index is 0.445. The normalized spacial score (nSPS) is 35.1. The first kappa shape index (κ1) is 15.1. The predicted octanol–water partition coefficient (Wildman–Crippen LogP) is 5.17. The summed E-state index contributed by atoms with van der Waals surface area (Å²) in [5.74, 6) is 0.909. The summed E-state index contributed by atoms with van der Waals surface area (Å²) in [6.45, 7) is 14.2. The minimum absolute atomic E-state index is 0.445. The fourth-order valence-electron chi connectivity index (χ4n) is 5.11. The van der Waals surface area contributed by atoms with E-state index in [0.29, 0.717) is 22.9 Å². The van der Waals surface area contributed by atoms with Crippen molar-refractivity contribution in [3.05, 3.63) is 34.9 Å². The van der Waals surface area contributed by atoms with Gasteiger partial charge in [0.25, 0.3) is 0 Å². The number of rotatable bonds is 3. The van der Waals surface area contributed by atoms with Crippen molar-refractivity contribution in [2.75, 3.05) is 0 Å². The number of nitrogens with one attached hydrogen (secondary N) is 1. The van der Waals surface area contributed by atoms with Gasteiger partial charge in [0.2, 0.25) is 0 Å². The molecule has 0 heterocycles. The molecule has 0 spiro atoms. The Morgan fingerprint density at radius 2 is 1.71 bits per heavy atom. The van der Waals surface area contributed by atoms with Crippen molar-refractivity contribution >= 4 is 0 Å². The van der Waals surface area contributed by atoms with Gasteiger partial charge in [-0.15, -0.1) is 0 Å². The first-order valence-electron chi connectivity index (χ1n) is 8.58. The SMILES string of the molecule is Cc1cc(C)cc(C(C)NC2CC3CCC2(C)C3(C)C)c1. The van der Waals surface area contributed by atoms with Crippen molar-refractivity contribution in [1.29, 1.82) is 0 Å². The van der Waals surface area contributed by atoms with Crippen LogP contribution in [0.4, 0.5) is 0 Å². The van der Waals surface area contributed by atoms with Crippen molar-refractivity contribution in [2.45, 2.75) is 72.9 Å². The monoisotopic (exact) mass is 285 g/mol. The van der Waals surface area contributed by atoms with E-state index in [4.69, 9.17) is 0 Å². The molecule has 0 radical (unpaired) electrons. The Kier molecular flexibility index (Phi) is 3.48. The summed E-state index contributed by atoms with van der Waals surface area (Å²) in [4.78, 5) is 0. The molecule has 0 saturated heterocycles. The Labute approximate surface area is 130 Å². The summed E-state index contributed by atoms with van der Waals surface area (Å²) in [5, 5.41) is 3.98. The van der Waals surface area contributed by atoms with Crippen molar-refractivity contribution < 1.29 is 0 Å². The van der Waals surface area contributed by atoms with Gasteiger partial charge < -0.3 is 5.32 Å². The minimum Gasteiger partial charge on any atom is -0.307 e. The predicted molar refractivity (Wildman–Crippen MR) is 90.5 cm³/mol. The number of aryl methyl sites for hydroxylation is 2. The molecule has 1 nitrogen and oxygen atoms in total. The van der Waals surface area contributed by atoms with Crippen molar-refractivity contribution in [3.8, 4) is 0 Å². The maximum atomic E-state index is 3.98. The van der Waals surface area contributed by atoms with Gasteiger partial charge in [0.1, 0.15) is 0 Å². The number of fused-ring (bicyclic) bond motifs is 2. The van der Waals surface area contributed by atoms with Crippen LogP contribution in [0.15, 0.2) is 18.2 Å². The molecule has 2 saturated carbocycles. The van der Waals surface area contributed by atoms with Gasteiger partial charge in [0.15, 0.2) is 0 Å². The van der Waals surface area contributed by atoms with Crippen LogP contribution in [0.5, 0.6) is 0 Å². The largest absolute Gasteiger partial charge is 0.307 e. The molecule has 21 heavy (non-hydrogen) atoms. The Balaban J connectivity index is 1.79. The van der Waals surface area contributed by atoms with Gasteiger partial charge >= 0.3 is 0 Å². The molecule has 0 amide bonds. The Morgan fingerprint density at radius 1 is 1.10 bits per heavy atom. The van der Waals surface area contributed by atoms with E-state index in [-0.39, 0.29) is 0 Å². The summed E-state index contributed by atoms with van der Waals surface area (Å²) in [6.07, 6.45) is 4.18. The van der Waals surface area contributed by atoms with E-state index < -0.39 is 0 Å². The summed E-state index contributed by atoms with van der Waals surface area (Å²) in [6, 6.07) is 8.05. The van der Waals surface area contributed by atoms with Gasteiger partial charge in [-0.2, -0.15) is 0 Å². The molecule has 3 rings (SSSR count). The Hall–Kier alpha value is -0.820. The first-order valence-corrected chi connectivity index (χ1v) is 8.58. The lowest BCUT2D eigenvalue weighted by atomic mass is 9.69. The summed E-state index contributed by atoms with van der Waals surface area (Å²) >= 11 is 0. The summed E-state index contributed by atoms with van der Waals surface area (Å²) in [7, 11) is 0. The summed E-state index contributed by atoms with van der Waals surface area (Å²) in [5.41, 5.74) is 5.14. The van der Waals surface area contributed by atoms with E-state index in [1.54, 1.807) is 0 Å². The third-order valence-electron chi connectivity index (χ3n) is 6.99. The smallest absolute Gasteiger partial charge is 0.0294 e. The molecule has 116 valence electrons. The van der Waals surface area contributed by atoms with Crippen LogP contribution in [0, 0.1) is 30.6 Å². The lowest BCUT2D eigenvalue weighted by molar-refractivity contribution is 0.116. The van der Waals surface area contributed by atoms with Crippen LogP contribution >= 0.6 is 0 Å². The molecule has 1 aromatic rings. The van der Waals surface area contributed by atoms with Gasteiger partial charge in [-0.25, -0.2) is 0 Å². The highest BCUT2D eigenvalue weighted by molar-refractivity contribution is 5.30. The molecule has 0 aliphatic heterocycles. The van der Waals surface area contributed by atoms with Crippen LogP contribution in [0.2, 0.25) is 0 Å². The van der Waals surface area contributed by atoms with Crippen LogP contribution in [-0.4, -0.2) is 6.04 Å². The molecule has 2 bridgehead atoms. The van der Waals surface area contributed by atoms with Gasteiger partial charge in [0.05, 0.1) is 0 Å². The zero-order valence-corrected chi connectivity index (χ0v) is 14.6.